The maximum Gasteiger partial charge on any atom is 0.131 e. The molecule has 0 aromatic carbocycles. The molecule has 0 bridgehead atoms. The summed E-state index contributed by atoms with van der Waals surface area (Å²) in [5.74, 6) is 1.72. The number of alkyl halides is 1. The second kappa shape index (κ2) is 6.42. The first-order chi connectivity index (χ1) is 8.76. The van der Waals surface area contributed by atoms with Crippen molar-refractivity contribution < 1.29 is 0 Å². The summed E-state index contributed by atoms with van der Waals surface area (Å²) in [5.41, 5.74) is 2.37. The van der Waals surface area contributed by atoms with Crippen molar-refractivity contribution >= 4 is 17.4 Å². The van der Waals surface area contributed by atoms with Gasteiger partial charge < -0.3 is 4.90 Å². The molecule has 0 N–H and O–H groups in total. The van der Waals surface area contributed by atoms with Crippen molar-refractivity contribution in [1.82, 2.24) is 4.98 Å². The first-order valence-corrected chi connectivity index (χ1v) is 7.57. The summed E-state index contributed by atoms with van der Waals surface area (Å²) < 4.78 is 0. The van der Waals surface area contributed by atoms with Gasteiger partial charge in [-0.05, 0) is 49.8 Å². The fourth-order valence-corrected chi connectivity index (χ4v) is 3.06. The summed E-state index contributed by atoms with van der Waals surface area (Å²) >= 11 is 5.86. The van der Waals surface area contributed by atoms with Gasteiger partial charge in [-0.1, -0.05) is 13.3 Å². The number of aromatic nitrogens is 1. The number of aryl methyl sites for hydroxylation is 1. The monoisotopic (exact) mass is 266 g/mol. The number of rotatable bonds is 4. The molecule has 0 saturated carbocycles. The number of hydrogen-bond acceptors (Lipinski definition) is 2. The minimum atomic E-state index is 0.548. The summed E-state index contributed by atoms with van der Waals surface area (Å²) in [6, 6.07) is 2.85. The van der Waals surface area contributed by atoms with Crippen LogP contribution in [-0.4, -0.2) is 17.6 Å². The van der Waals surface area contributed by atoms with Crippen LogP contribution in [0.1, 0.15) is 50.2 Å². The van der Waals surface area contributed by atoms with E-state index < -0.39 is 0 Å². The van der Waals surface area contributed by atoms with Gasteiger partial charge in [-0.2, -0.15) is 0 Å². The SMILES string of the molecule is CCCC1CCCCN1c1ncc(CCl)cc1C. The van der Waals surface area contributed by atoms with E-state index in [1.807, 2.05) is 6.20 Å². The van der Waals surface area contributed by atoms with E-state index >= 15 is 0 Å². The third-order valence-electron chi connectivity index (χ3n) is 3.78. The van der Waals surface area contributed by atoms with Gasteiger partial charge >= 0.3 is 0 Å². The van der Waals surface area contributed by atoms with Crippen LogP contribution in [0.2, 0.25) is 0 Å². The number of halogens is 1. The molecule has 0 radical (unpaired) electrons. The molecule has 2 nitrogen and oxygen atoms in total. The lowest BCUT2D eigenvalue weighted by molar-refractivity contribution is 0.431. The molecule has 1 aliphatic heterocycles. The van der Waals surface area contributed by atoms with Crippen LogP contribution in [0.25, 0.3) is 0 Å². The summed E-state index contributed by atoms with van der Waals surface area (Å²) in [6.07, 6.45) is 8.41. The van der Waals surface area contributed by atoms with Crippen LogP contribution < -0.4 is 4.90 Å². The minimum absolute atomic E-state index is 0.548. The number of piperidine rings is 1. The van der Waals surface area contributed by atoms with E-state index in [-0.39, 0.29) is 0 Å². The van der Waals surface area contributed by atoms with Gasteiger partial charge in [0.05, 0.1) is 0 Å². The fourth-order valence-electron chi connectivity index (χ4n) is 2.91. The highest BCUT2D eigenvalue weighted by atomic mass is 35.5. The zero-order chi connectivity index (χ0) is 13.0. The Bertz CT molecular complexity index is 390. The fraction of sp³-hybridized carbons (Fsp3) is 0.667. The Hall–Kier alpha value is -0.760. The van der Waals surface area contributed by atoms with Gasteiger partial charge in [-0.25, -0.2) is 4.98 Å². The van der Waals surface area contributed by atoms with E-state index in [4.69, 9.17) is 11.6 Å². The zero-order valence-electron chi connectivity index (χ0n) is 11.5. The van der Waals surface area contributed by atoms with Gasteiger partial charge in [0, 0.05) is 24.7 Å². The Morgan fingerprint density at radius 2 is 2.28 bits per heavy atom. The van der Waals surface area contributed by atoms with Gasteiger partial charge in [0.15, 0.2) is 0 Å². The van der Waals surface area contributed by atoms with Crippen molar-refractivity contribution in [3.05, 3.63) is 23.4 Å². The number of hydrogen-bond donors (Lipinski definition) is 0. The third-order valence-corrected chi connectivity index (χ3v) is 4.09. The summed E-state index contributed by atoms with van der Waals surface area (Å²) in [4.78, 5) is 7.16. The maximum absolute atomic E-state index is 5.86. The van der Waals surface area contributed by atoms with Gasteiger partial charge in [0.2, 0.25) is 0 Å². The second-order valence-corrected chi connectivity index (χ2v) is 5.52. The Kier molecular flexibility index (Phi) is 4.87. The van der Waals surface area contributed by atoms with Crippen LogP contribution in [0.4, 0.5) is 5.82 Å². The van der Waals surface area contributed by atoms with E-state index in [1.165, 1.54) is 43.5 Å². The molecule has 1 saturated heterocycles. The molecule has 0 spiro atoms. The lowest BCUT2D eigenvalue weighted by atomic mass is 9.97. The average Bonchev–Trinajstić information content (AvgIpc) is 2.40. The van der Waals surface area contributed by atoms with E-state index in [9.17, 15) is 0 Å². The van der Waals surface area contributed by atoms with E-state index in [0.29, 0.717) is 11.9 Å². The highest BCUT2D eigenvalue weighted by molar-refractivity contribution is 6.17. The molecule has 100 valence electrons. The van der Waals surface area contributed by atoms with Gasteiger partial charge in [-0.15, -0.1) is 11.6 Å². The average molecular weight is 267 g/mol. The molecular formula is C15H23ClN2. The van der Waals surface area contributed by atoms with Crippen molar-refractivity contribution in [2.45, 2.75) is 57.9 Å². The molecule has 0 aliphatic carbocycles. The van der Waals surface area contributed by atoms with E-state index in [1.54, 1.807) is 0 Å². The first kappa shape index (κ1) is 13.7. The van der Waals surface area contributed by atoms with Gasteiger partial charge in [0.25, 0.3) is 0 Å². The van der Waals surface area contributed by atoms with Crippen LogP contribution in [0.5, 0.6) is 0 Å². The van der Waals surface area contributed by atoms with Crippen molar-refractivity contribution in [3.63, 3.8) is 0 Å². The lowest BCUT2D eigenvalue weighted by Gasteiger charge is -2.37. The number of anilines is 1. The summed E-state index contributed by atoms with van der Waals surface area (Å²) in [5, 5.41) is 0. The Morgan fingerprint density at radius 3 is 2.94 bits per heavy atom. The topological polar surface area (TPSA) is 16.1 Å². The molecule has 0 amide bonds. The lowest BCUT2D eigenvalue weighted by Crippen LogP contribution is -2.40. The molecule has 1 fully saturated rings. The largest absolute Gasteiger partial charge is 0.353 e. The van der Waals surface area contributed by atoms with E-state index in [0.717, 1.165) is 12.1 Å². The highest BCUT2D eigenvalue weighted by Crippen LogP contribution is 2.28. The Balaban J connectivity index is 2.22. The van der Waals surface area contributed by atoms with Crippen molar-refractivity contribution in [1.29, 1.82) is 0 Å². The maximum atomic E-state index is 5.86. The quantitative estimate of drug-likeness (QED) is 0.756. The summed E-state index contributed by atoms with van der Waals surface area (Å²) in [6.45, 7) is 5.57. The van der Waals surface area contributed by atoms with Crippen LogP contribution in [0.3, 0.4) is 0 Å². The van der Waals surface area contributed by atoms with Gasteiger partial charge in [0.1, 0.15) is 5.82 Å². The number of pyridine rings is 1. The molecule has 1 aromatic rings. The molecule has 1 unspecified atom stereocenters. The molecule has 18 heavy (non-hydrogen) atoms. The van der Waals surface area contributed by atoms with Crippen molar-refractivity contribution in [2.75, 3.05) is 11.4 Å². The van der Waals surface area contributed by atoms with Crippen LogP contribution in [0.15, 0.2) is 12.3 Å². The normalized spacial score (nSPS) is 20.2. The standard InChI is InChI=1S/C15H23ClN2/c1-3-6-14-7-4-5-8-18(14)15-12(2)9-13(10-16)11-17-15/h9,11,14H,3-8,10H2,1-2H3. The Morgan fingerprint density at radius 1 is 1.44 bits per heavy atom. The van der Waals surface area contributed by atoms with Crippen LogP contribution in [-0.2, 0) is 5.88 Å². The van der Waals surface area contributed by atoms with Crippen molar-refractivity contribution in [3.8, 4) is 0 Å². The van der Waals surface area contributed by atoms with E-state index in [2.05, 4.69) is 29.8 Å². The van der Waals surface area contributed by atoms with Gasteiger partial charge in [-0.3, -0.25) is 0 Å². The molecule has 2 rings (SSSR count). The Labute approximate surface area is 115 Å². The highest BCUT2D eigenvalue weighted by Gasteiger charge is 2.23. The first-order valence-electron chi connectivity index (χ1n) is 7.04. The van der Waals surface area contributed by atoms with Crippen LogP contribution in [0, 0.1) is 6.92 Å². The third kappa shape index (κ3) is 2.97. The smallest absolute Gasteiger partial charge is 0.131 e. The summed E-state index contributed by atoms with van der Waals surface area (Å²) in [7, 11) is 0. The molecule has 1 aromatic heterocycles. The molecule has 3 heteroatoms. The molecular weight excluding hydrogens is 244 g/mol. The second-order valence-electron chi connectivity index (χ2n) is 5.25. The number of nitrogens with zero attached hydrogens (tertiary/aromatic N) is 2. The predicted molar refractivity (Wildman–Crippen MR) is 78.4 cm³/mol. The minimum Gasteiger partial charge on any atom is -0.353 e. The van der Waals surface area contributed by atoms with Crippen molar-refractivity contribution in [2.24, 2.45) is 0 Å². The molecule has 1 aliphatic rings. The molecule has 2 heterocycles. The predicted octanol–water partition coefficient (Wildman–Crippen LogP) is 4.29. The zero-order valence-corrected chi connectivity index (χ0v) is 12.2. The molecule has 1 atom stereocenters. The van der Waals surface area contributed by atoms with Crippen LogP contribution >= 0.6 is 11.6 Å².